The Bertz CT molecular complexity index is 1060. The fourth-order valence-corrected chi connectivity index (χ4v) is 5.35. The molecule has 2 aliphatic heterocycles. The summed E-state index contributed by atoms with van der Waals surface area (Å²) in [7, 11) is 0. The second kappa shape index (κ2) is 9.33. The number of hydrogen-bond acceptors (Lipinski definition) is 7. The van der Waals surface area contributed by atoms with Crippen molar-refractivity contribution in [2.24, 2.45) is 5.10 Å². The van der Waals surface area contributed by atoms with Crippen molar-refractivity contribution in [1.29, 1.82) is 0 Å². The van der Waals surface area contributed by atoms with Crippen LogP contribution in [0.1, 0.15) is 24.8 Å². The second-order valence-electron chi connectivity index (χ2n) is 7.50. The SMILES string of the molecule is O=C(CSc1nnc(-c2cccs2)n1CC1CCCO1)N1CCC(c2ccccc2)=N1. The topological polar surface area (TPSA) is 72.6 Å². The van der Waals surface area contributed by atoms with Crippen LogP contribution in [0.25, 0.3) is 10.7 Å². The maximum atomic E-state index is 12.8. The third kappa shape index (κ3) is 4.58. The maximum Gasteiger partial charge on any atom is 0.253 e. The first-order valence-corrected chi connectivity index (χ1v) is 12.3. The Morgan fingerprint density at radius 3 is 2.87 bits per heavy atom. The molecule has 1 aromatic carbocycles. The van der Waals surface area contributed by atoms with Gasteiger partial charge in [-0.15, -0.1) is 21.5 Å². The van der Waals surface area contributed by atoms with E-state index in [0.717, 1.165) is 53.0 Å². The molecule has 5 rings (SSSR count). The van der Waals surface area contributed by atoms with Gasteiger partial charge >= 0.3 is 0 Å². The lowest BCUT2D eigenvalue weighted by atomic mass is 10.1. The van der Waals surface area contributed by atoms with Crippen molar-refractivity contribution in [2.75, 3.05) is 18.9 Å². The molecular formula is C22H23N5O2S2. The van der Waals surface area contributed by atoms with Gasteiger partial charge in [-0.05, 0) is 29.9 Å². The zero-order valence-electron chi connectivity index (χ0n) is 17.0. The first-order valence-electron chi connectivity index (χ1n) is 10.4. The molecule has 2 aromatic heterocycles. The number of carbonyl (C=O) groups is 1. The molecule has 0 spiro atoms. The monoisotopic (exact) mass is 453 g/mol. The van der Waals surface area contributed by atoms with E-state index in [1.807, 2.05) is 47.8 Å². The molecule has 0 bridgehead atoms. The van der Waals surface area contributed by atoms with Crippen LogP contribution in [0.2, 0.25) is 0 Å². The minimum atomic E-state index is -0.0136. The Morgan fingerprint density at radius 2 is 2.10 bits per heavy atom. The number of amides is 1. The molecule has 3 aromatic rings. The summed E-state index contributed by atoms with van der Waals surface area (Å²) in [6.07, 6.45) is 3.06. The van der Waals surface area contributed by atoms with Gasteiger partial charge in [0.15, 0.2) is 11.0 Å². The molecule has 2 aliphatic rings. The summed E-state index contributed by atoms with van der Waals surface area (Å²) in [5, 5.41) is 17.7. The smallest absolute Gasteiger partial charge is 0.253 e. The summed E-state index contributed by atoms with van der Waals surface area (Å²) in [4.78, 5) is 13.9. The lowest BCUT2D eigenvalue weighted by Crippen LogP contribution is -2.25. The number of thiophene rings is 1. The van der Waals surface area contributed by atoms with E-state index in [4.69, 9.17) is 4.74 Å². The highest BCUT2D eigenvalue weighted by atomic mass is 32.2. The van der Waals surface area contributed by atoms with Crippen LogP contribution in [0.4, 0.5) is 0 Å². The van der Waals surface area contributed by atoms with E-state index in [9.17, 15) is 4.79 Å². The molecule has 0 N–H and O–H groups in total. The van der Waals surface area contributed by atoms with Gasteiger partial charge in [0, 0.05) is 13.0 Å². The van der Waals surface area contributed by atoms with Gasteiger partial charge in [-0.25, -0.2) is 5.01 Å². The van der Waals surface area contributed by atoms with E-state index in [-0.39, 0.29) is 17.8 Å². The number of hydrogen-bond donors (Lipinski definition) is 0. The first-order chi connectivity index (χ1) is 15.3. The minimum Gasteiger partial charge on any atom is -0.376 e. The van der Waals surface area contributed by atoms with Crippen LogP contribution >= 0.6 is 23.1 Å². The van der Waals surface area contributed by atoms with E-state index in [2.05, 4.69) is 19.9 Å². The van der Waals surface area contributed by atoms with E-state index >= 15 is 0 Å². The summed E-state index contributed by atoms with van der Waals surface area (Å²) >= 11 is 3.06. The molecule has 31 heavy (non-hydrogen) atoms. The molecule has 1 amide bonds. The van der Waals surface area contributed by atoms with E-state index in [0.29, 0.717) is 13.1 Å². The van der Waals surface area contributed by atoms with Crippen LogP contribution in [0, 0.1) is 0 Å². The molecule has 7 nitrogen and oxygen atoms in total. The number of nitrogens with zero attached hydrogens (tertiary/aromatic N) is 5. The highest BCUT2D eigenvalue weighted by Crippen LogP contribution is 2.29. The Morgan fingerprint density at radius 1 is 1.19 bits per heavy atom. The van der Waals surface area contributed by atoms with Gasteiger partial charge in [-0.1, -0.05) is 48.2 Å². The van der Waals surface area contributed by atoms with Crippen LogP contribution in [-0.2, 0) is 16.1 Å². The molecule has 1 atom stereocenters. The van der Waals surface area contributed by atoms with Crippen molar-refractivity contribution in [3.63, 3.8) is 0 Å². The predicted molar refractivity (Wildman–Crippen MR) is 122 cm³/mol. The van der Waals surface area contributed by atoms with Gasteiger partial charge in [-0.3, -0.25) is 9.36 Å². The molecule has 1 fully saturated rings. The fraction of sp³-hybridized carbons (Fsp3) is 0.364. The standard InChI is InChI=1S/C22H23N5O2S2/c28-20(27-11-10-18(25-27)16-6-2-1-3-7-16)15-31-22-24-23-21(19-9-5-13-30-19)26(22)14-17-8-4-12-29-17/h1-3,5-7,9,13,17H,4,8,10-12,14-15H2. The van der Waals surface area contributed by atoms with Crippen molar-refractivity contribution in [3.05, 3.63) is 53.4 Å². The molecule has 1 unspecified atom stereocenters. The average Bonchev–Trinajstić information content (AvgIpc) is 3.61. The number of carbonyl (C=O) groups excluding carboxylic acids is 1. The van der Waals surface area contributed by atoms with Gasteiger partial charge in [-0.2, -0.15) is 5.10 Å². The Labute approximate surface area is 189 Å². The maximum absolute atomic E-state index is 12.8. The lowest BCUT2D eigenvalue weighted by molar-refractivity contribution is -0.127. The van der Waals surface area contributed by atoms with Crippen LogP contribution in [-0.4, -0.2) is 56.4 Å². The number of rotatable bonds is 7. The summed E-state index contributed by atoms with van der Waals surface area (Å²) < 4.78 is 7.94. The number of benzene rings is 1. The fourth-order valence-electron chi connectivity index (χ4n) is 3.81. The molecule has 1 saturated heterocycles. The van der Waals surface area contributed by atoms with Gasteiger partial charge < -0.3 is 4.74 Å². The third-order valence-electron chi connectivity index (χ3n) is 5.39. The minimum absolute atomic E-state index is 0.0136. The van der Waals surface area contributed by atoms with Crippen molar-refractivity contribution in [2.45, 2.75) is 37.1 Å². The number of hydrazone groups is 1. The van der Waals surface area contributed by atoms with Crippen LogP contribution in [0.3, 0.4) is 0 Å². The highest BCUT2D eigenvalue weighted by molar-refractivity contribution is 7.99. The molecule has 0 aliphatic carbocycles. The molecule has 0 saturated carbocycles. The van der Waals surface area contributed by atoms with E-state index < -0.39 is 0 Å². The molecule has 4 heterocycles. The lowest BCUT2D eigenvalue weighted by Gasteiger charge is -2.15. The predicted octanol–water partition coefficient (Wildman–Crippen LogP) is 3.91. The van der Waals surface area contributed by atoms with Crippen molar-refractivity contribution >= 4 is 34.7 Å². The molecule has 160 valence electrons. The van der Waals surface area contributed by atoms with Gasteiger partial charge in [0.25, 0.3) is 5.91 Å². The number of thioether (sulfide) groups is 1. The normalized spacial score (nSPS) is 18.5. The molecule has 9 heteroatoms. The molecular weight excluding hydrogens is 430 g/mol. The first kappa shape index (κ1) is 20.4. The van der Waals surface area contributed by atoms with Gasteiger partial charge in [0.2, 0.25) is 0 Å². The van der Waals surface area contributed by atoms with Crippen LogP contribution in [0.15, 0.2) is 58.1 Å². The largest absolute Gasteiger partial charge is 0.376 e. The number of ether oxygens (including phenoxy) is 1. The summed E-state index contributed by atoms with van der Waals surface area (Å²) in [5.74, 6) is 1.10. The molecule has 0 radical (unpaired) electrons. The average molecular weight is 454 g/mol. The Hall–Kier alpha value is -2.49. The Balaban J connectivity index is 1.29. The van der Waals surface area contributed by atoms with E-state index in [1.165, 1.54) is 11.8 Å². The zero-order valence-corrected chi connectivity index (χ0v) is 18.6. The van der Waals surface area contributed by atoms with Crippen molar-refractivity contribution in [3.8, 4) is 10.7 Å². The highest BCUT2D eigenvalue weighted by Gasteiger charge is 2.25. The summed E-state index contributed by atoms with van der Waals surface area (Å²) in [5.41, 5.74) is 2.03. The number of aromatic nitrogens is 3. The van der Waals surface area contributed by atoms with Crippen molar-refractivity contribution in [1.82, 2.24) is 19.8 Å². The van der Waals surface area contributed by atoms with Crippen molar-refractivity contribution < 1.29 is 9.53 Å². The third-order valence-corrected chi connectivity index (χ3v) is 7.21. The second-order valence-corrected chi connectivity index (χ2v) is 9.39. The quantitative estimate of drug-likeness (QED) is 0.507. The van der Waals surface area contributed by atoms with Gasteiger partial charge in [0.1, 0.15) is 0 Å². The summed E-state index contributed by atoms with van der Waals surface area (Å²) in [6.45, 7) is 2.13. The van der Waals surface area contributed by atoms with Gasteiger partial charge in [0.05, 0.1) is 35.5 Å². The van der Waals surface area contributed by atoms with E-state index in [1.54, 1.807) is 16.3 Å². The van der Waals surface area contributed by atoms with Crippen LogP contribution in [0.5, 0.6) is 0 Å². The van der Waals surface area contributed by atoms with Crippen LogP contribution < -0.4 is 0 Å². The zero-order chi connectivity index (χ0) is 21.0. The summed E-state index contributed by atoms with van der Waals surface area (Å²) in [6, 6.07) is 14.1. The Kier molecular flexibility index (Phi) is 6.15.